The van der Waals surface area contributed by atoms with Crippen molar-refractivity contribution in [3.05, 3.63) is 65.7 Å². The van der Waals surface area contributed by atoms with Gasteiger partial charge < -0.3 is 24.9 Å². The molecular weight excluding hydrogens is 414 g/mol. The normalized spacial score (nSPS) is 19.3. The van der Waals surface area contributed by atoms with Gasteiger partial charge in [-0.05, 0) is 24.1 Å². The lowest BCUT2D eigenvalue weighted by molar-refractivity contribution is 0.413. The first-order valence-corrected chi connectivity index (χ1v) is 11.7. The maximum absolute atomic E-state index is 5.57. The second-order valence-corrected chi connectivity index (χ2v) is 8.77. The lowest BCUT2D eigenvalue weighted by atomic mass is 10.0. The molecule has 0 bridgehead atoms. The molecular formula is C25H29N7O. The number of rotatable bonds is 5. The Morgan fingerprint density at radius 3 is 2.48 bits per heavy atom. The van der Waals surface area contributed by atoms with Gasteiger partial charge in [-0.25, -0.2) is 5.43 Å². The van der Waals surface area contributed by atoms with E-state index >= 15 is 0 Å². The van der Waals surface area contributed by atoms with Gasteiger partial charge in [0, 0.05) is 39.3 Å². The first-order chi connectivity index (χ1) is 16.3. The highest BCUT2D eigenvalue weighted by atomic mass is 16.5. The number of hydrogen-bond donors (Lipinski definition) is 2. The van der Waals surface area contributed by atoms with E-state index in [0.717, 1.165) is 74.7 Å². The molecule has 4 heterocycles. The van der Waals surface area contributed by atoms with Crippen LogP contribution in [-0.2, 0) is 6.54 Å². The summed E-state index contributed by atoms with van der Waals surface area (Å²) in [6.07, 6.45) is 1.04. The molecule has 2 N–H and O–H groups in total. The molecule has 8 heteroatoms. The van der Waals surface area contributed by atoms with Crippen LogP contribution in [0.4, 0.5) is 23.3 Å². The van der Waals surface area contributed by atoms with E-state index in [0.29, 0.717) is 0 Å². The van der Waals surface area contributed by atoms with Crippen LogP contribution in [0.3, 0.4) is 0 Å². The van der Waals surface area contributed by atoms with Crippen LogP contribution in [0.2, 0.25) is 0 Å². The highest BCUT2D eigenvalue weighted by Crippen LogP contribution is 2.41. The minimum atomic E-state index is 0.276. The first kappa shape index (κ1) is 20.1. The molecule has 0 amide bonds. The van der Waals surface area contributed by atoms with Gasteiger partial charge in [-0.3, -0.25) is 0 Å². The van der Waals surface area contributed by atoms with Gasteiger partial charge in [0.05, 0.1) is 24.4 Å². The van der Waals surface area contributed by atoms with Crippen LogP contribution in [0.15, 0.2) is 54.6 Å². The molecule has 0 radical (unpaired) electrons. The maximum Gasteiger partial charge on any atom is 0.229 e. The van der Waals surface area contributed by atoms with E-state index < -0.39 is 0 Å². The van der Waals surface area contributed by atoms with E-state index in [1.807, 2.05) is 12.1 Å². The third-order valence-corrected chi connectivity index (χ3v) is 6.82. The van der Waals surface area contributed by atoms with Crippen LogP contribution in [-0.4, -0.2) is 49.8 Å². The van der Waals surface area contributed by atoms with Crippen LogP contribution >= 0.6 is 0 Å². The standard InChI is InChI=1S/C25H29N7O/c1-33-21-10-6-5-9-20(21)30-13-15-31(16-14-30)25-26-23-22-19(28-29-23)11-12-32(24(22)27-25)17-18-7-3-2-4-8-18/h2-10,19,28H,11-17H2,1H3,(H,26,27,29). The molecule has 6 rings (SSSR count). The van der Waals surface area contributed by atoms with Gasteiger partial charge in [-0.2, -0.15) is 9.97 Å². The monoisotopic (exact) mass is 443 g/mol. The molecule has 1 saturated heterocycles. The summed E-state index contributed by atoms with van der Waals surface area (Å²) in [6.45, 7) is 5.37. The fourth-order valence-corrected chi connectivity index (χ4v) is 5.08. The molecule has 170 valence electrons. The van der Waals surface area contributed by atoms with Crippen molar-refractivity contribution in [2.75, 3.05) is 60.0 Å². The number of nitrogens with zero attached hydrogens (tertiary/aromatic N) is 5. The minimum absolute atomic E-state index is 0.276. The van der Waals surface area contributed by atoms with E-state index in [1.54, 1.807) is 7.11 Å². The van der Waals surface area contributed by atoms with Gasteiger partial charge in [0.25, 0.3) is 0 Å². The molecule has 1 unspecified atom stereocenters. The van der Waals surface area contributed by atoms with Gasteiger partial charge in [-0.15, -0.1) is 0 Å². The predicted octanol–water partition coefficient (Wildman–Crippen LogP) is 3.19. The van der Waals surface area contributed by atoms with E-state index in [1.165, 1.54) is 11.1 Å². The maximum atomic E-state index is 5.57. The van der Waals surface area contributed by atoms with Crippen molar-refractivity contribution < 1.29 is 4.74 Å². The second-order valence-electron chi connectivity index (χ2n) is 8.77. The summed E-state index contributed by atoms with van der Waals surface area (Å²) in [5.74, 6) is 3.70. The van der Waals surface area contributed by atoms with Gasteiger partial charge in [0.2, 0.25) is 5.95 Å². The van der Waals surface area contributed by atoms with Crippen LogP contribution in [0.1, 0.15) is 23.6 Å². The van der Waals surface area contributed by atoms with Crippen molar-refractivity contribution in [1.82, 2.24) is 15.4 Å². The van der Waals surface area contributed by atoms with E-state index in [2.05, 4.69) is 68.0 Å². The fourth-order valence-electron chi connectivity index (χ4n) is 5.08. The Balaban J connectivity index is 1.25. The Morgan fingerprint density at radius 2 is 1.67 bits per heavy atom. The fraction of sp³-hybridized carbons (Fsp3) is 0.360. The number of hydrogen-bond acceptors (Lipinski definition) is 8. The molecule has 3 aromatic rings. The van der Waals surface area contributed by atoms with Crippen LogP contribution < -0.4 is 30.3 Å². The van der Waals surface area contributed by atoms with E-state index in [9.17, 15) is 0 Å². The topological polar surface area (TPSA) is 68.8 Å². The molecule has 0 saturated carbocycles. The number of aromatic nitrogens is 2. The van der Waals surface area contributed by atoms with Gasteiger partial charge in [0.15, 0.2) is 5.82 Å². The number of methoxy groups -OCH3 is 1. The average Bonchev–Trinajstić information content (AvgIpc) is 3.30. The lowest BCUT2D eigenvalue weighted by Gasteiger charge is -2.37. The first-order valence-electron chi connectivity index (χ1n) is 11.7. The highest BCUT2D eigenvalue weighted by molar-refractivity contribution is 5.68. The average molecular weight is 444 g/mol. The molecule has 33 heavy (non-hydrogen) atoms. The van der Waals surface area contributed by atoms with E-state index in [-0.39, 0.29) is 6.04 Å². The molecule has 1 atom stereocenters. The molecule has 8 nitrogen and oxygen atoms in total. The summed E-state index contributed by atoms with van der Waals surface area (Å²) in [5.41, 5.74) is 10.4. The molecule has 3 aliphatic heterocycles. The van der Waals surface area contributed by atoms with Gasteiger partial charge in [-0.1, -0.05) is 42.5 Å². The SMILES string of the molecule is COc1ccccc1N1CCN(c2nc3c4c(n2)N(Cc2ccccc2)CCC4NN3)CC1. The summed E-state index contributed by atoms with van der Waals surface area (Å²) < 4.78 is 5.57. The molecule has 3 aliphatic rings. The largest absolute Gasteiger partial charge is 0.495 e. The number of anilines is 4. The molecule has 0 spiro atoms. The number of nitrogens with one attached hydrogen (secondary N) is 2. The zero-order valence-corrected chi connectivity index (χ0v) is 18.9. The molecule has 1 fully saturated rings. The van der Waals surface area contributed by atoms with Crippen molar-refractivity contribution >= 4 is 23.3 Å². The van der Waals surface area contributed by atoms with Crippen molar-refractivity contribution in [1.29, 1.82) is 0 Å². The zero-order chi connectivity index (χ0) is 22.2. The Labute approximate surface area is 194 Å². The Bertz CT molecular complexity index is 1130. The van der Waals surface area contributed by atoms with Crippen LogP contribution in [0, 0.1) is 0 Å². The number of piperazine rings is 1. The Hall–Kier alpha value is -3.52. The zero-order valence-electron chi connectivity index (χ0n) is 18.9. The smallest absolute Gasteiger partial charge is 0.229 e. The van der Waals surface area contributed by atoms with Crippen molar-refractivity contribution in [3.8, 4) is 5.75 Å². The Morgan fingerprint density at radius 1 is 0.909 bits per heavy atom. The Kier molecular flexibility index (Phi) is 5.14. The van der Waals surface area contributed by atoms with Gasteiger partial charge >= 0.3 is 0 Å². The minimum Gasteiger partial charge on any atom is -0.495 e. The highest BCUT2D eigenvalue weighted by Gasteiger charge is 2.35. The van der Waals surface area contributed by atoms with E-state index in [4.69, 9.17) is 14.7 Å². The van der Waals surface area contributed by atoms with Crippen LogP contribution in [0.5, 0.6) is 5.75 Å². The summed E-state index contributed by atoms with van der Waals surface area (Å²) in [5, 5.41) is 0. The summed E-state index contributed by atoms with van der Waals surface area (Å²) in [6, 6.07) is 19.1. The number of ether oxygens (including phenoxy) is 1. The number of benzene rings is 2. The van der Waals surface area contributed by atoms with Crippen molar-refractivity contribution in [2.45, 2.75) is 19.0 Å². The lowest BCUT2D eigenvalue weighted by Crippen LogP contribution is -2.47. The summed E-state index contributed by atoms with van der Waals surface area (Å²) in [7, 11) is 1.73. The predicted molar refractivity (Wildman–Crippen MR) is 131 cm³/mol. The summed E-state index contributed by atoms with van der Waals surface area (Å²) >= 11 is 0. The molecule has 1 aromatic heterocycles. The third-order valence-electron chi connectivity index (χ3n) is 6.82. The third kappa shape index (κ3) is 3.70. The van der Waals surface area contributed by atoms with Crippen molar-refractivity contribution in [2.24, 2.45) is 0 Å². The quantitative estimate of drug-likeness (QED) is 0.623. The number of para-hydroxylation sites is 2. The van der Waals surface area contributed by atoms with Gasteiger partial charge in [0.1, 0.15) is 11.6 Å². The summed E-state index contributed by atoms with van der Waals surface area (Å²) in [4.78, 5) is 17.1. The molecule has 0 aliphatic carbocycles. The van der Waals surface area contributed by atoms with Crippen LogP contribution in [0.25, 0.3) is 0 Å². The van der Waals surface area contributed by atoms with Crippen molar-refractivity contribution in [3.63, 3.8) is 0 Å². The second kappa shape index (κ2) is 8.44. The number of hydrazine groups is 1. The molecule has 2 aromatic carbocycles.